The largest absolute Gasteiger partial charge is 0.354 e. The van der Waals surface area contributed by atoms with Crippen LogP contribution < -0.4 is 5.32 Å². The Morgan fingerprint density at radius 2 is 1.83 bits per heavy atom. The molecule has 0 aliphatic carbocycles. The lowest BCUT2D eigenvalue weighted by Crippen LogP contribution is -2.25. The molecular formula is C18H20N4O. The molecule has 23 heavy (non-hydrogen) atoms. The second-order valence-electron chi connectivity index (χ2n) is 5.46. The van der Waals surface area contributed by atoms with Crippen molar-refractivity contribution >= 4 is 5.91 Å². The van der Waals surface area contributed by atoms with E-state index in [1.807, 2.05) is 59.6 Å². The van der Waals surface area contributed by atoms with Crippen molar-refractivity contribution < 1.29 is 4.79 Å². The Morgan fingerprint density at radius 3 is 2.52 bits per heavy atom. The highest BCUT2D eigenvalue weighted by atomic mass is 16.1. The van der Waals surface area contributed by atoms with Crippen molar-refractivity contribution in [2.75, 3.05) is 6.54 Å². The van der Waals surface area contributed by atoms with Crippen LogP contribution in [0.4, 0.5) is 0 Å². The average Bonchev–Trinajstić information content (AvgIpc) is 3.26. The molecule has 0 saturated heterocycles. The minimum atomic E-state index is -0.0216. The van der Waals surface area contributed by atoms with Crippen LogP contribution in [0.5, 0.6) is 0 Å². The van der Waals surface area contributed by atoms with Crippen molar-refractivity contribution in [1.29, 1.82) is 0 Å². The minimum Gasteiger partial charge on any atom is -0.354 e. The number of carbonyl (C=O) groups excluding carboxylic acids is 1. The number of benzene rings is 1. The van der Waals surface area contributed by atoms with Gasteiger partial charge in [-0.3, -0.25) is 4.79 Å². The quantitative estimate of drug-likeness (QED) is 0.682. The molecule has 0 spiro atoms. The molecule has 1 aromatic carbocycles. The van der Waals surface area contributed by atoms with Crippen molar-refractivity contribution in [3.8, 4) is 0 Å². The van der Waals surface area contributed by atoms with Crippen LogP contribution in [0.2, 0.25) is 0 Å². The molecule has 0 unspecified atom stereocenters. The fraction of sp³-hybridized carbons (Fsp3) is 0.222. The zero-order valence-electron chi connectivity index (χ0n) is 12.9. The fourth-order valence-electron chi connectivity index (χ4n) is 2.44. The minimum absolute atomic E-state index is 0.0216. The molecule has 2 heterocycles. The van der Waals surface area contributed by atoms with Crippen LogP contribution in [0.1, 0.15) is 22.3 Å². The van der Waals surface area contributed by atoms with E-state index in [1.165, 1.54) is 0 Å². The summed E-state index contributed by atoms with van der Waals surface area (Å²) in [7, 11) is 0. The molecule has 0 atom stereocenters. The molecular weight excluding hydrogens is 288 g/mol. The van der Waals surface area contributed by atoms with Gasteiger partial charge in [0.1, 0.15) is 0 Å². The molecule has 1 N–H and O–H groups in total. The van der Waals surface area contributed by atoms with E-state index in [9.17, 15) is 4.79 Å². The third-order valence-corrected chi connectivity index (χ3v) is 3.69. The second kappa shape index (κ2) is 7.45. The number of aromatic nitrogens is 3. The summed E-state index contributed by atoms with van der Waals surface area (Å²) in [5.41, 5.74) is 1.84. The summed E-state index contributed by atoms with van der Waals surface area (Å²) in [5, 5.41) is 2.96. The lowest BCUT2D eigenvalue weighted by Gasteiger charge is -2.07. The lowest BCUT2D eigenvalue weighted by atomic mass is 10.1. The van der Waals surface area contributed by atoms with Gasteiger partial charge in [0, 0.05) is 50.0 Å². The third-order valence-electron chi connectivity index (χ3n) is 3.69. The van der Waals surface area contributed by atoms with E-state index in [4.69, 9.17) is 0 Å². The Labute approximate surface area is 135 Å². The summed E-state index contributed by atoms with van der Waals surface area (Å²) >= 11 is 0. The lowest BCUT2D eigenvalue weighted by molar-refractivity contribution is 0.0952. The Hall–Kier alpha value is -2.82. The van der Waals surface area contributed by atoms with Crippen LogP contribution in [-0.2, 0) is 13.1 Å². The Kier molecular flexibility index (Phi) is 4.88. The molecule has 3 aromatic rings. The van der Waals surface area contributed by atoms with Gasteiger partial charge in [-0.05, 0) is 36.2 Å². The first kappa shape index (κ1) is 15.1. The number of imidazole rings is 1. The van der Waals surface area contributed by atoms with E-state index >= 15 is 0 Å². The SMILES string of the molecule is O=C(NCCCn1cccc1)c1ccc(Cn2ccnc2)cc1. The van der Waals surface area contributed by atoms with Crippen LogP contribution in [0.25, 0.3) is 0 Å². The van der Waals surface area contributed by atoms with E-state index in [0.717, 1.165) is 25.1 Å². The maximum absolute atomic E-state index is 12.1. The van der Waals surface area contributed by atoms with Gasteiger partial charge in [-0.15, -0.1) is 0 Å². The standard InChI is InChI=1S/C18H20N4O/c23-18(20-8-3-12-21-10-1-2-11-21)17-6-4-16(5-7-17)14-22-13-9-19-15-22/h1-2,4-7,9-11,13,15H,3,8,12,14H2,(H,20,23). The predicted octanol–water partition coefficient (Wildman–Crippen LogP) is 2.55. The number of nitrogens with one attached hydrogen (secondary N) is 1. The van der Waals surface area contributed by atoms with Gasteiger partial charge in [0.25, 0.3) is 5.91 Å². The van der Waals surface area contributed by atoms with Crippen molar-refractivity contribution in [3.05, 3.63) is 78.6 Å². The summed E-state index contributed by atoms with van der Waals surface area (Å²) in [6.07, 6.45) is 10.4. The zero-order valence-corrected chi connectivity index (χ0v) is 12.9. The third kappa shape index (κ3) is 4.32. The van der Waals surface area contributed by atoms with E-state index in [2.05, 4.69) is 14.9 Å². The smallest absolute Gasteiger partial charge is 0.251 e. The molecule has 0 fully saturated rings. The van der Waals surface area contributed by atoms with Gasteiger partial charge in [-0.2, -0.15) is 0 Å². The van der Waals surface area contributed by atoms with E-state index in [1.54, 1.807) is 12.5 Å². The first-order valence-electron chi connectivity index (χ1n) is 7.75. The Balaban J connectivity index is 1.45. The number of hydrogen-bond acceptors (Lipinski definition) is 2. The number of carbonyl (C=O) groups is 1. The molecule has 1 amide bonds. The molecule has 3 rings (SSSR count). The molecule has 0 saturated carbocycles. The Morgan fingerprint density at radius 1 is 1.04 bits per heavy atom. The van der Waals surface area contributed by atoms with E-state index in [0.29, 0.717) is 12.1 Å². The molecule has 2 aromatic heterocycles. The molecule has 0 aliphatic rings. The second-order valence-corrected chi connectivity index (χ2v) is 5.46. The van der Waals surface area contributed by atoms with E-state index < -0.39 is 0 Å². The fourth-order valence-corrected chi connectivity index (χ4v) is 2.44. The van der Waals surface area contributed by atoms with Gasteiger partial charge in [0.2, 0.25) is 0 Å². The van der Waals surface area contributed by atoms with Crippen molar-refractivity contribution in [1.82, 2.24) is 19.4 Å². The first-order valence-corrected chi connectivity index (χ1v) is 7.75. The van der Waals surface area contributed by atoms with Crippen molar-refractivity contribution in [2.45, 2.75) is 19.5 Å². The average molecular weight is 308 g/mol. The molecule has 0 aliphatic heterocycles. The number of amides is 1. The van der Waals surface area contributed by atoms with Gasteiger partial charge < -0.3 is 14.5 Å². The molecule has 0 radical (unpaired) electrons. The zero-order chi connectivity index (χ0) is 15.9. The highest BCUT2D eigenvalue weighted by Gasteiger charge is 2.04. The maximum atomic E-state index is 12.1. The summed E-state index contributed by atoms with van der Waals surface area (Å²) in [6, 6.07) is 11.7. The van der Waals surface area contributed by atoms with Crippen molar-refractivity contribution in [3.63, 3.8) is 0 Å². The summed E-state index contributed by atoms with van der Waals surface area (Å²) in [6.45, 7) is 2.35. The monoisotopic (exact) mass is 308 g/mol. The van der Waals surface area contributed by atoms with Crippen LogP contribution in [0.3, 0.4) is 0 Å². The molecule has 0 bridgehead atoms. The number of aryl methyl sites for hydroxylation is 1. The maximum Gasteiger partial charge on any atom is 0.251 e. The Bertz CT molecular complexity index is 715. The summed E-state index contributed by atoms with van der Waals surface area (Å²) in [5.74, 6) is -0.0216. The van der Waals surface area contributed by atoms with Crippen LogP contribution >= 0.6 is 0 Å². The van der Waals surface area contributed by atoms with Gasteiger partial charge in [0.15, 0.2) is 0 Å². The topological polar surface area (TPSA) is 51.9 Å². The van der Waals surface area contributed by atoms with Gasteiger partial charge >= 0.3 is 0 Å². The van der Waals surface area contributed by atoms with Crippen molar-refractivity contribution in [2.24, 2.45) is 0 Å². The van der Waals surface area contributed by atoms with E-state index in [-0.39, 0.29) is 5.91 Å². The number of rotatable bonds is 7. The number of nitrogens with zero attached hydrogens (tertiary/aromatic N) is 3. The van der Waals surface area contributed by atoms with Crippen LogP contribution in [0.15, 0.2) is 67.5 Å². The summed E-state index contributed by atoms with van der Waals surface area (Å²) < 4.78 is 4.10. The van der Waals surface area contributed by atoms with Crippen LogP contribution in [-0.4, -0.2) is 26.6 Å². The summed E-state index contributed by atoms with van der Waals surface area (Å²) in [4.78, 5) is 16.1. The van der Waals surface area contributed by atoms with Gasteiger partial charge in [0.05, 0.1) is 6.33 Å². The molecule has 118 valence electrons. The normalized spacial score (nSPS) is 10.6. The van der Waals surface area contributed by atoms with Gasteiger partial charge in [-0.25, -0.2) is 4.98 Å². The first-order chi connectivity index (χ1) is 11.3. The predicted molar refractivity (Wildman–Crippen MR) is 89.2 cm³/mol. The highest BCUT2D eigenvalue weighted by molar-refractivity contribution is 5.94. The molecule has 5 heteroatoms. The van der Waals surface area contributed by atoms with Crippen LogP contribution in [0, 0.1) is 0 Å². The number of hydrogen-bond donors (Lipinski definition) is 1. The van der Waals surface area contributed by atoms with Gasteiger partial charge in [-0.1, -0.05) is 12.1 Å². The molecule has 5 nitrogen and oxygen atoms in total. The highest BCUT2D eigenvalue weighted by Crippen LogP contribution is 2.06.